The molecule has 1 unspecified atom stereocenters. The quantitative estimate of drug-likeness (QED) is 0.815. The van der Waals surface area contributed by atoms with Gasteiger partial charge in [-0.05, 0) is 69.8 Å². The van der Waals surface area contributed by atoms with Gasteiger partial charge in [-0.3, -0.25) is 9.59 Å². The first-order valence-electron chi connectivity index (χ1n) is 10.7. The molecule has 0 spiro atoms. The molecule has 30 heavy (non-hydrogen) atoms. The van der Waals surface area contributed by atoms with E-state index in [1.54, 1.807) is 4.90 Å². The third kappa shape index (κ3) is 5.60. The zero-order valence-electron chi connectivity index (χ0n) is 17.9. The third-order valence-corrected chi connectivity index (χ3v) is 5.47. The number of carbonyl (C=O) groups is 2. The molecular formula is C24H32N4O2. The molecule has 6 heteroatoms. The Kier molecular flexibility index (Phi) is 7.85. The highest BCUT2D eigenvalue weighted by atomic mass is 16.2. The molecule has 0 aliphatic carbocycles. The fourth-order valence-electron chi connectivity index (χ4n) is 3.90. The number of hydrogen-bond donors (Lipinski definition) is 2. The van der Waals surface area contributed by atoms with Crippen molar-refractivity contribution in [1.82, 2.24) is 10.2 Å². The van der Waals surface area contributed by atoms with Gasteiger partial charge in [-0.25, -0.2) is 0 Å². The maximum Gasteiger partial charge on any atom is 0.253 e. The number of amides is 2. The molecule has 2 aromatic carbocycles. The van der Waals surface area contributed by atoms with Crippen molar-refractivity contribution in [2.75, 3.05) is 50.5 Å². The van der Waals surface area contributed by atoms with Crippen LogP contribution in [0.3, 0.4) is 0 Å². The predicted octanol–water partition coefficient (Wildman–Crippen LogP) is 3.22. The van der Waals surface area contributed by atoms with E-state index in [0.717, 1.165) is 18.8 Å². The molecule has 2 heterocycles. The van der Waals surface area contributed by atoms with Crippen molar-refractivity contribution in [2.24, 2.45) is 5.92 Å². The van der Waals surface area contributed by atoms with Crippen LogP contribution in [0.5, 0.6) is 0 Å². The third-order valence-electron chi connectivity index (χ3n) is 5.47. The number of benzene rings is 2. The average Bonchev–Trinajstić information content (AvgIpc) is 3.48. The van der Waals surface area contributed by atoms with Gasteiger partial charge >= 0.3 is 0 Å². The second-order valence-corrected chi connectivity index (χ2v) is 7.83. The van der Waals surface area contributed by atoms with Crippen molar-refractivity contribution in [3.63, 3.8) is 0 Å². The lowest BCUT2D eigenvalue weighted by atomic mass is 10.1. The second kappa shape index (κ2) is 10.8. The normalized spacial score (nSPS) is 18.0. The van der Waals surface area contributed by atoms with Crippen molar-refractivity contribution in [2.45, 2.75) is 19.3 Å². The molecule has 0 bridgehead atoms. The lowest BCUT2D eigenvalue weighted by Gasteiger charge is -2.18. The van der Waals surface area contributed by atoms with Crippen LogP contribution in [0.2, 0.25) is 0 Å². The molecule has 0 saturated carbocycles. The number of nitrogens with one attached hydrogen (secondary N) is 2. The number of likely N-dealkylation sites (tertiary alicyclic amines) is 1. The number of rotatable bonds is 4. The SMILES string of the molecule is CNC.O=C(Nc1ccc(N2CCCC2)cc1)C1CCN(C(=O)c2ccccc2)C1. The summed E-state index contributed by atoms with van der Waals surface area (Å²) < 4.78 is 0. The number of nitrogens with zero attached hydrogens (tertiary/aromatic N) is 2. The molecule has 2 N–H and O–H groups in total. The van der Waals surface area contributed by atoms with E-state index in [2.05, 4.69) is 27.7 Å². The lowest BCUT2D eigenvalue weighted by Crippen LogP contribution is -2.31. The Morgan fingerprint density at radius 3 is 2.17 bits per heavy atom. The Labute approximate surface area is 179 Å². The maximum absolute atomic E-state index is 12.6. The molecule has 160 valence electrons. The maximum atomic E-state index is 12.6. The summed E-state index contributed by atoms with van der Waals surface area (Å²) >= 11 is 0. The van der Waals surface area contributed by atoms with E-state index in [-0.39, 0.29) is 17.7 Å². The predicted molar refractivity (Wildman–Crippen MR) is 122 cm³/mol. The van der Waals surface area contributed by atoms with E-state index in [9.17, 15) is 9.59 Å². The molecule has 2 aliphatic heterocycles. The van der Waals surface area contributed by atoms with E-state index in [1.165, 1.54) is 18.5 Å². The van der Waals surface area contributed by atoms with Crippen molar-refractivity contribution < 1.29 is 9.59 Å². The molecule has 4 rings (SSSR count). The molecule has 2 saturated heterocycles. The van der Waals surface area contributed by atoms with E-state index in [0.29, 0.717) is 25.1 Å². The van der Waals surface area contributed by atoms with E-state index in [1.807, 2.05) is 56.6 Å². The number of anilines is 2. The van der Waals surface area contributed by atoms with Crippen LogP contribution in [-0.4, -0.2) is 57.0 Å². The zero-order chi connectivity index (χ0) is 21.3. The zero-order valence-corrected chi connectivity index (χ0v) is 17.9. The number of carbonyl (C=O) groups excluding carboxylic acids is 2. The Hall–Kier alpha value is -2.86. The summed E-state index contributed by atoms with van der Waals surface area (Å²) in [5.41, 5.74) is 2.71. The van der Waals surface area contributed by atoms with Crippen LogP contribution in [0, 0.1) is 5.92 Å². The monoisotopic (exact) mass is 408 g/mol. The molecule has 2 fully saturated rings. The highest BCUT2D eigenvalue weighted by molar-refractivity contribution is 5.96. The Balaban J connectivity index is 0.000000806. The molecule has 2 amide bonds. The first-order valence-corrected chi connectivity index (χ1v) is 10.7. The van der Waals surface area contributed by atoms with Gasteiger partial charge in [-0.1, -0.05) is 18.2 Å². The van der Waals surface area contributed by atoms with Crippen LogP contribution in [0.15, 0.2) is 54.6 Å². The van der Waals surface area contributed by atoms with Gasteiger partial charge < -0.3 is 20.4 Å². The van der Waals surface area contributed by atoms with Crippen LogP contribution in [0.4, 0.5) is 11.4 Å². The summed E-state index contributed by atoms with van der Waals surface area (Å²) in [5.74, 6) is -0.163. The van der Waals surface area contributed by atoms with Crippen molar-refractivity contribution >= 4 is 23.2 Å². The van der Waals surface area contributed by atoms with E-state index in [4.69, 9.17) is 0 Å². The lowest BCUT2D eigenvalue weighted by molar-refractivity contribution is -0.119. The van der Waals surface area contributed by atoms with E-state index >= 15 is 0 Å². The highest BCUT2D eigenvalue weighted by Crippen LogP contribution is 2.24. The summed E-state index contributed by atoms with van der Waals surface area (Å²) in [6.07, 6.45) is 3.20. The molecule has 0 aromatic heterocycles. The summed E-state index contributed by atoms with van der Waals surface area (Å²) in [6, 6.07) is 17.3. The Morgan fingerprint density at radius 1 is 0.900 bits per heavy atom. The standard InChI is InChI=1S/C22H25N3O2.C2H7N/c26-21(23-19-8-10-20(11-9-19)24-13-4-5-14-24)18-12-15-25(16-18)22(27)17-6-2-1-3-7-17;1-3-2/h1-3,6-11,18H,4-5,12-16H2,(H,23,26);3H,1-2H3. The van der Waals surface area contributed by atoms with Crippen LogP contribution in [0.25, 0.3) is 0 Å². The largest absolute Gasteiger partial charge is 0.372 e. The van der Waals surface area contributed by atoms with Crippen LogP contribution in [0.1, 0.15) is 29.6 Å². The molecule has 2 aliphatic rings. The van der Waals surface area contributed by atoms with Gasteiger partial charge in [0.15, 0.2) is 0 Å². The smallest absolute Gasteiger partial charge is 0.253 e. The van der Waals surface area contributed by atoms with Crippen LogP contribution >= 0.6 is 0 Å². The summed E-state index contributed by atoms with van der Waals surface area (Å²) in [6.45, 7) is 3.32. The van der Waals surface area contributed by atoms with Crippen molar-refractivity contribution in [3.8, 4) is 0 Å². The van der Waals surface area contributed by atoms with E-state index < -0.39 is 0 Å². The van der Waals surface area contributed by atoms with Gasteiger partial charge in [0.2, 0.25) is 5.91 Å². The minimum atomic E-state index is -0.157. The Bertz CT molecular complexity index is 817. The number of hydrogen-bond acceptors (Lipinski definition) is 4. The van der Waals surface area contributed by atoms with Crippen LogP contribution < -0.4 is 15.5 Å². The van der Waals surface area contributed by atoms with Crippen LogP contribution in [-0.2, 0) is 4.79 Å². The summed E-state index contributed by atoms with van der Waals surface area (Å²) in [7, 11) is 3.75. The molecule has 0 radical (unpaired) electrons. The average molecular weight is 409 g/mol. The van der Waals surface area contributed by atoms with Gasteiger partial charge in [0.1, 0.15) is 0 Å². The minimum absolute atomic E-state index is 0.000802. The fourth-order valence-corrected chi connectivity index (χ4v) is 3.90. The molecule has 1 atom stereocenters. The first-order chi connectivity index (χ1) is 14.6. The van der Waals surface area contributed by atoms with Crippen molar-refractivity contribution in [3.05, 3.63) is 60.2 Å². The van der Waals surface area contributed by atoms with Gasteiger partial charge in [0, 0.05) is 43.1 Å². The summed E-state index contributed by atoms with van der Waals surface area (Å²) in [5, 5.41) is 5.76. The molecular weight excluding hydrogens is 376 g/mol. The molecule has 2 aromatic rings. The fraction of sp³-hybridized carbons (Fsp3) is 0.417. The van der Waals surface area contributed by atoms with Crippen molar-refractivity contribution in [1.29, 1.82) is 0 Å². The highest BCUT2D eigenvalue weighted by Gasteiger charge is 2.31. The first kappa shape index (κ1) is 21.8. The van der Waals surface area contributed by atoms with Gasteiger partial charge in [-0.15, -0.1) is 0 Å². The van der Waals surface area contributed by atoms with Gasteiger partial charge in [0.05, 0.1) is 5.92 Å². The minimum Gasteiger partial charge on any atom is -0.372 e. The molecule has 6 nitrogen and oxygen atoms in total. The summed E-state index contributed by atoms with van der Waals surface area (Å²) in [4.78, 5) is 29.3. The van der Waals surface area contributed by atoms with Gasteiger partial charge in [0.25, 0.3) is 5.91 Å². The Morgan fingerprint density at radius 2 is 1.53 bits per heavy atom. The van der Waals surface area contributed by atoms with Gasteiger partial charge in [-0.2, -0.15) is 0 Å². The topological polar surface area (TPSA) is 64.7 Å². The second-order valence-electron chi connectivity index (χ2n) is 7.83.